The van der Waals surface area contributed by atoms with Crippen molar-refractivity contribution in [3.63, 3.8) is 0 Å². The highest BCUT2D eigenvalue weighted by molar-refractivity contribution is 5.68. The summed E-state index contributed by atoms with van der Waals surface area (Å²) in [5.74, 6) is -0.942. The Morgan fingerprint density at radius 2 is 2.20 bits per heavy atom. The van der Waals surface area contributed by atoms with Crippen LogP contribution in [0.15, 0.2) is 0 Å². The number of halogens is 1. The molecule has 0 aromatic carbocycles. The van der Waals surface area contributed by atoms with Gasteiger partial charge in [0, 0.05) is 4.53 Å². The maximum absolute atomic E-state index is 11.0. The van der Waals surface area contributed by atoms with Crippen LogP contribution in [0, 0.1) is 0 Å². The van der Waals surface area contributed by atoms with Crippen molar-refractivity contribution in [3.05, 3.63) is 0 Å². The zero-order chi connectivity index (χ0) is 8.20. The Morgan fingerprint density at radius 3 is 2.50 bits per heavy atom. The molecule has 0 unspecified atom stereocenters. The zero-order valence-corrected chi connectivity index (χ0v) is 6.06. The molecule has 0 aliphatic heterocycles. The third-order valence-electron chi connectivity index (χ3n) is 1.03. The molecule has 0 aromatic rings. The Balaban J connectivity index is 3.46. The molecule has 60 valence electrons. The van der Waals surface area contributed by atoms with Gasteiger partial charge in [-0.25, -0.2) is 4.79 Å². The molecule has 1 N–H and O–H groups in total. The van der Waals surface area contributed by atoms with Crippen molar-refractivity contribution in [1.29, 1.82) is 0 Å². The third kappa shape index (κ3) is 5.50. The number of hydrogen-bond donors (Lipinski definition) is 1. The lowest BCUT2D eigenvalue weighted by atomic mass is 10.0. The topological polar surface area (TPSA) is 46.5 Å². The van der Waals surface area contributed by atoms with Crippen LogP contribution < -0.4 is 0 Å². The van der Waals surface area contributed by atoms with Crippen LogP contribution in [0.1, 0.15) is 26.7 Å². The van der Waals surface area contributed by atoms with Crippen molar-refractivity contribution >= 4 is 5.97 Å². The van der Waals surface area contributed by atoms with Crippen LogP contribution in [0.5, 0.6) is 0 Å². The molecule has 0 spiro atoms. The van der Waals surface area contributed by atoms with E-state index in [9.17, 15) is 9.32 Å². The van der Waals surface area contributed by atoms with Gasteiger partial charge in [0.2, 0.25) is 0 Å². The summed E-state index contributed by atoms with van der Waals surface area (Å²) in [6.07, 6.45) is 0.107. The molecule has 0 bridgehead atoms. The smallest absolute Gasteiger partial charge is 0.348 e. The molecule has 0 aliphatic carbocycles. The second kappa shape index (κ2) is 3.51. The first-order valence-corrected chi connectivity index (χ1v) is 2.99. The quantitative estimate of drug-likeness (QED) is 0.651. The van der Waals surface area contributed by atoms with Gasteiger partial charge in [0.1, 0.15) is 0 Å². The van der Waals surface area contributed by atoms with E-state index in [0.717, 1.165) is 0 Å². The Morgan fingerprint density at radius 1 is 1.70 bits per heavy atom. The van der Waals surface area contributed by atoms with E-state index in [0.29, 0.717) is 0 Å². The Kier molecular flexibility index (Phi) is 3.28. The van der Waals surface area contributed by atoms with Crippen LogP contribution >= 0.6 is 0 Å². The minimum Gasteiger partial charge on any atom is -0.390 e. The third-order valence-corrected chi connectivity index (χ3v) is 1.03. The average Bonchev–Trinajstić information content (AvgIpc) is 1.81. The van der Waals surface area contributed by atoms with Crippen LogP contribution in [0.4, 0.5) is 4.53 Å². The summed E-state index contributed by atoms with van der Waals surface area (Å²) in [6.45, 7) is 3.08. The lowest BCUT2D eigenvalue weighted by molar-refractivity contribution is -0.184. The summed E-state index contributed by atoms with van der Waals surface area (Å²) in [7, 11) is 0. The highest BCUT2D eigenvalue weighted by Crippen LogP contribution is 2.10. The molecule has 0 atom stereocenters. The Bertz CT molecular complexity index is 117. The second-order valence-electron chi connectivity index (χ2n) is 2.76. The van der Waals surface area contributed by atoms with E-state index in [1.807, 2.05) is 0 Å². The van der Waals surface area contributed by atoms with E-state index in [2.05, 4.69) is 4.94 Å². The van der Waals surface area contributed by atoms with Gasteiger partial charge in [0.05, 0.1) is 12.0 Å². The van der Waals surface area contributed by atoms with Crippen LogP contribution in [-0.2, 0) is 9.74 Å². The summed E-state index contributed by atoms with van der Waals surface area (Å²) in [5.41, 5.74) is -0.936. The van der Waals surface area contributed by atoms with Gasteiger partial charge in [-0.2, -0.15) is 0 Å². The van der Waals surface area contributed by atoms with Crippen molar-refractivity contribution in [2.24, 2.45) is 0 Å². The van der Waals surface area contributed by atoms with Crippen LogP contribution in [-0.4, -0.2) is 16.7 Å². The summed E-state index contributed by atoms with van der Waals surface area (Å²) in [6, 6.07) is 0. The molecule has 0 aromatic heterocycles. The Labute approximate surface area is 58.7 Å². The highest BCUT2D eigenvalue weighted by Gasteiger charge is 2.15. The first-order chi connectivity index (χ1) is 4.45. The van der Waals surface area contributed by atoms with Gasteiger partial charge in [-0.1, -0.05) is 0 Å². The molecular weight excluding hydrogens is 139 g/mol. The normalized spacial score (nSPS) is 11.2. The lowest BCUT2D eigenvalue weighted by Crippen LogP contribution is -2.19. The van der Waals surface area contributed by atoms with Crippen LogP contribution in [0.25, 0.3) is 0 Å². The van der Waals surface area contributed by atoms with Gasteiger partial charge in [-0.3, -0.25) is 4.94 Å². The summed E-state index contributed by atoms with van der Waals surface area (Å²) in [4.78, 5) is 13.0. The van der Waals surface area contributed by atoms with Crippen molar-refractivity contribution in [3.8, 4) is 0 Å². The standard InChI is InChI=1S/C6H11FO3/c1-6(2,9)4-3-5(8)10-7/h9H,3-4H2,1-2H3. The monoisotopic (exact) mass is 150 g/mol. The molecule has 0 radical (unpaired) electrons. The van der Waals surface area contributed by atoms with Crippen molar-refractivity contribution < 1.29 is 19.4 Å². The first kappa shape index (κ1) is 9.36. The minimum absolute atomic E-state index is 0.0972. The van der Waals surface area contributed by atoms with Gasteiger partial charge in [-0.05, 0) is 20.3 Å². The fourth-order valence-corrected chi connectivity index (χ4v) is 0.447. The van der Waals surface area contributed by atoms with E-state index >= 15 is 0 Å². The molecule has 3 nitrogen and oxygen atoms in total. The second-order valence-corrected chi connectivity index (χ2v) is 2.76. The predicted molar refractivity (Wildman–Crippen MR) is 32.7 cm³/mol. The van der Waals surface area contributed by atoms with Crippen LogP contribution in [0.3, 0.4) is 0 Å². The predicted octanol–water partition coefficient (Wildman–Crippen LogP) is 0.965. The van der Waals surface area contributed by atoms with E-state index in [4.69, 9.17) is 5.11 Å². The summed E-state index contributed by atoms with van der Waals surface area (Å²) in [5, 5.41) is 9.03. The maximum atomic E-state index is 11.0. The number of carbonyl (C=O) groups is 1. The molecule has 10 heavy (non-hydrogen) atoms. The van der Waals surface area contributed by atoms with E-state index in [1.165, 1.54) is 0 Å². The summed E-state index contributed by atoms with van der Waals surface area (Å²) < 4.78 is 11.0. The van der Waals surface area contributed by atoms with E-state index in [-0.39, 0.29) is 12.8 Å². The lowest BCUT2D eigenvalue weighted by Gasteiger charge is -2.14. The Hall–Kier alpha value is -0.640. The highest BCUT2D eigenvalue weighted by atomic mass is 19.3. The number of hydrogen-bond acceptors (Lipinski definition) is 3. The zero-order valence-electron chi connectivity index (χ0n) is 6.06. The largest absolute Gasteiger partial charge is 0.390 e. The molecule has 0 aliphatic rings. The van der Waals surface area contributed by atoms with Gasteiger partial charge in [0.15, 0.2) is 0 Å². The number of rotatable bonds is 3. The molecule has 0 saturated carbocycles. The minimum atomic E-state index is -0.942. The molecule has 0 amide bonds. The summed E-state index contributed by atoms with van der Waals surface area (Å²) >= 11 is 0. The SMILES string of the molecule is CC(C)(O)CCC(=O)OF. The van der Waals surface area contributed by atoms with Crippen molar-refractivity contribution in [2.75, 3.05) is 0 Å². The molecule has 0 heterocycles. The average molecular weight is 150 g/mol. The molecule has 0 saturated heterocycles. The molecular formula is C6H11FO3. The van der Waals surface area contributed by atoms with Crippen molar-refractivity contribution in [1.82, 2.24) is 0 Å². The number of carbonyl (C=O) groups excluding carboxylic acids is 1. The molecule has 0 fully saturated rings. The fourth-order valence-electron chi connectivity index (χ4n) is 0.447. The first-order valence-electron chi connectivity index (χ1n) is 2.99. The van der Waals surface area contributed by atoms with Crippen molar-refractivity contribution in [2.45, 2.75) is 32.3 Å². The van der Waals surface area contributed by atoms with Gasteiger partial charge < -0.3 is 5.11 Å². The molecule has 4 heteroatoms. The van der Waals surface area contributed by atoms with Gasteiger partial charge >= 0.3 is 5.97 Å². The van der Waals surface area contributed by atoms with E-state index in [1.54, 1.807) is 13.8 Å². The van der Waals surface area contributed by atoms with Gasteiger partial charge in [0.25, 0.3) is 0 Å². The van der Waals surface area contributed by atoms with E-state index < -0.39 is 11.6 Å². The number of aliphatic hydroxyl groups is 1. The maximum Gasteiger partial charge on any atom is 0.348 e. The van der Waals surface area contributed by atoms with Crippen LogP contribution in [0.2, 0.25) is 0 Å². The molecule has 0 rings (SSSR count). The fraction of sp³-hybridized carbons (Fsp3) is 0.833. The van der Waals surface area contributed by atoms with Gasteiger partial charge in [-0.15, -0.1) is 0 Å².